The first-order valence-electron chi connectivity index (χ1n) is 10.6. The number of rotatable bonds is 7. The lowest BCUT2D eigenvalue weighted by atomic mass is 10.0. The minimum Gasteiger partial charge on any atom is -0.443 e. The maximum atomic E-state index is 15.0. The Labute approximate surface area is 184 Å². The minimum absolute atomic E-state index is 0.0678. The number of ether oxygens (including phenoxy) is 2. The molecule has 10 nitrogen and oxygen atoms in total. The van der Waals surface area contributed by atoms with Crippen LogP contribution in [0, 0.1) is 6.92 Å². The number of alkyl carbamates (subject to hydrolysis) is 1. The number of carbonyl (C=O) groups is 1. The average Bonchev–Trinajstić information content (AvgIpc) is 3.41. The van der Waals surface area contributed by atoms with Crippen LogP contribution in [0.1, 0.15) is 49.7 Å². The zero-order valence-corrected chi connectivity index (χ0v) is 18.6. The van der Waals surface area contributed by atoms with E-state index in [1.807, 2.05) is 37.4 Å². The third-order valence-electron chi connectivity index (χ3n) is 5.33. The molecule has 1 saturated carbocycles. The highest BCUT2D eigenvalue weighted by molar-refractivity contribution is 5.67. The molecule has 3 N–H and O–H groups in total. The van der Waals surface area contributed by atoms with Crippen LogP contribution in [0.4, 0.5) is 21.0 Å². The van der Waals surface area contributed by atoms with E-state index in [9.17, 15) is 9.18 Å². The number of aromatic nitrogens is 5. The molecule has 4 rings (SSSR count). The van der Waals surface area contributed by atoms with Crippen molar-refractivity contribution in [2.24, 2.45) is 0 Å². The molecule has 0 spiro atoms. The van der Waals surface area contributed by atoms with E-state index in [0.29, 0.717) is 36.9 Å². The predicted molar refractivity (Wildman–Crippen MR) is 116 cm³/mol. The minimum atomic E-state index is -1.31. The number of alkyl halides is 1. The number of nitrogens with zero attached hydrogens (tertiary/aromatic N) is 4. The molecule has 0 aliphatic heterocycles. The molecule has 3 atom stereocenters. The van der Waals surface area contributed by atoms with Crippen molar-refractivity contribution in [3.8, 4) is 0 Å². The second kappa shape index (κ2) is 9.11. The molecule has 3 heterocycles. The topological polar surface area (TPSA) is 118 Å². The zero-order valence-electron chi connectivity index (χ0n) is 18.6. The van der Waals surface area contributed by atoms with Gasteiger partial charge in [0.1, 0.15) is 17.9 Å². The molecule has 0 saturated heterocycles. The second-order valence-corrected chi connectivity index (χ2v) is 8.32. The van der Waals surface area contributed by atoms with Gasteiger partial charge in [-0.15, -0.1) is 0 Å². The molecular formula is C21H28FN7O3. The van der Waals surface area contributed by atoms with Crippen LogP contribution in [0.2, 0.25) is 0 Å². The maximum absolute atomic E-state index is 15.0. The van der Waals surface area contributed by atoms with Crippen LogP contribution in [0.25, 0.3) is 5.65 Å². The highest BCUT2D eigenvalue weighted by Gasteiger charge is 2.40. The molecule has 3 aromatic heterocycles. The highest BCUT2D eigenvalue weighted by Crippen LogP contribution is 2.38. The number of methoxy groups -OCH3 is 1. The van der Waals surface area contributed by atoms with Gasteiger partial charge in [0.15, 0.2) is 5.82 Å². The number of anilines is 2. The van der Waals surface area contributed by atoms with Crippen molar-refractivity contribution in [1.29, 1.82) is 0 Å². The van der Waals surface area contributed by atoms with E-state index >= 15 is 0 Å². The standard InChI is InChI=1S/C21H28FN7O3/c1-11(2)23-21(30)32-16-6-5-14(19(16)22)15-8-17(28-27-15)26-20-24-12(3)7-18-25-13(10-31-4)9-29(18)20/h7-9,11,14,16,19H,5-6,10H2,1-4H3,(H,23,30)(H2,24,26,27,28)/t14-,16-,19+/m0/s1. The molecule has 1 aliphatic rings. The van der Waals surface area contributed by atoms with Crippen LogP contribution in [0.5, 0.6) is 0 Å². The van der Waals surface area contributed by atoms with Crippen molar-refractivity contribution in [2.75, 3.05) is 12.4 Å². The number of aromatic amines is 1. The van der Waals surface area contributed by atoms with Crippen molar-refractivity contribution in [3.05, 3.63) is 35.4 Å². The lowest BCUT2D eigenvalue weighted by Crippen LogP contribution is -2.36. The van der Waals surface area contributed by atoms with Gasteiger partial charge in [-0.3, -0.25) is 9.50 Å². The molecule has 172 valence electrons. The van der Waals surface area contributed by atoms with Gasteiger partial charge in [0, 0.05) is 48.8 Å². The monoisotopic (exact) mass is 445 g/mol. The Morgan fingerprint density at radius 1 is 1.34 bits per heavy atom. The number of H-pyrrole nitrogens is 1. The van der Waals surface area contributed by atoms with Gasteiger partial charge < -0.3 is 20.1 Å². The van der Waals surface area contributed by atoms with Gasteiger partial charge in [0.2, 0.25) is 5.95 Å². The predicted octanol–water partition coefficient (Wildman–Crippen LogP) is 3.37. The van der Waals surface area contributed by atoms with Gasteiger partial charge in [-0.25, -0.2) is 19.2 Å². The summed E-state index contributed by atoms with van der Waals surface area (Å²) in [4.78, 5) is 20.9. The van der Waals surface area contributed by atoms with Crippen molar-refractivity contribution < 1.29 is 18.7 Å². The number of amides is 1. The van der Waals surface area contributed by atoms with E-state index in [0.717, 1.165) is 17.0 Å². The van der Waals surface area contributed by atoms with E-state index in [4.69, 9.17) is 9.47 Å². The molecule has 32 heavy (non-hydrogen) atoms. The van der Waals surface area contributed by atoms with Crippen LogP contribution in [-0.4, -0.2) is 56.1 Å². The van der Waals surface area contributed by atoms with E-state index < -0.39 is 24.3 Å². The molecule has 0 bridgehead atoms. The van der Waals surface area contributed by atoms with Crippen molar-refractivity contribution in [2.45, 2.75) is 64.5 Å². The van der Waals surface area contributed by atoms with Gasteiger partial charge in [-0.05, 0) is 33.6 Å². The number of hydrogen-bond donors (Lipinski definition) is 3. The summed E-state index contributed by atoms with van der Waals surface area (Å²) in [7, 11) is 1.62. The van der Waals surface area contributed by atoms with Gasteiger partial charge in [-0.2, -0.15) is 5.10 Å². The number of imidazole rings is 1. The Kier molecular flexibility index (Phi) is 6.26. The highest BCUT2D eigenvalue weighted by atomic mass is 19.1. The average molecular weight is 445 g/mol. The number of hydrogen-bond acceptors (Lipinski definition) is 7. The second-order valence-electron chi connectivity index (χ2n) is 8.32. The van der Waals surface area contributed by atoms with Gasteiger partial charge in [0.25, 0.3) is 0 Å². The van der Waals surface area contributed by atoms with Gasteiger partial charge in [-0.1, -0.05) is 0 Å². The molecule has 0 aromatic carbocycles. The quantitative estimate of drug-likeness (QED) is 0.510. The fourth-order valence-electron chi connectivity index (χ4n) is 3.95. The first kappa shape index (κ1) is 22.0. The molecule has 0 unspecified atom stereocenters. The van der Waals surface area contributed by atoms with E-state index in [2.05, 4.69) is 30.8 Å². The van der Waals surface area contributed by atoms with Crippen molar-refractivity contribution in [3.63, 3.8) is 0 Å². The van der Waals surface area contributed by atoms with E-state index in [1.165, 1.54) is 0 Å². The smallest absolute Gasteiger partial charge is 0.407 e. The summed E-state index contributed by atoms with van der Waals surface area (Å²) < 4.78 is 27.2. The van der Waals surface area contributed by atoms with Crippen LogP contribution < -0.4 is 10.6 Å². The molecule has 1 aliphatic carbocycles. The zero-order chi connectivity index (χ0) is 22.8. The van der Waals surface area contributed by atoms with E-state index in [-0.39, 0.29) is 6.04 Å². The first-order chi connectivity index (χ1) is 15.3. The van der Waals surface area contributed by atoms with Crippen LogP contribution in [0.15, 0.2) is 18.3 Å². The fraction of sp³-hybridized carbons (Fsp3) is 0.524. The Bertz CT molecular complexity index is 1100. The summed E-state index contributed by atoms with van der Waals surface area (Å²) in [5.41, 5.74) is 2.96. The number of halogens is 1. The Morgan fingerprint density at radius 3 is 2.91 bits per heavy atom. The third kappa shape index (κ3) is 4.67. The summed E-state index contributed by atoms with van der Waals surface area (Å²) in [6, 6.07) is 3.57. The van der Waals surface area contributed by atoms with Crippen molar-refractivity contribution >= 4 is 23.5 Å². The summed E-state index contributed by atoms with van der Waals surface area (Å²) >= 11 is 0. The summed E-state index contributed by atoms with van der Waals surface area (Å²) in [6.07, 6.45) is 0.174. The van der Waals surface area contributed by atoms with E-state index in [1.54, 1.807) is 13.2 Å². The number of aryl methyl sites for hydroxylation is 1. The Balaban J connectivity index is 1.47. The maximum Gasteiger partial charge on any atom is 0.407 e. The molecular weight excluding hydrogens is 417 g/mol. The first-order valence-corrected chi connectivity index (χ1v) is 10.6. The summed E-state index contributed by atoms with van der Waals surface area (Å²) in [6.45, 7) is 5.92. The molecule has 0 radical (unpaired) electrons. The third-order valence-corrected chi connectivity index (χ3v) is 5.33. The number of fused-ring (bicyclic) bond motifs is 1. The number of carbonyl (C=O) groups excluding carboxylic acids is 1. The van der Waals surface area contributed by atoms with Gasteiger partial charge in [0.05, 0.1) is 12.3 Å². The molecule has 1 fully saturated rings. The van der Waals surface area contributed by atoms with Crippen molar-refractivity contribution in [1.82, 2.24) is 29.9 Å². The van der Waals surface area contributed by atoms with Crippen LogP contribution in [0.3, 0.4) is 0 Å². The summed E-state index contributed by atoms with van der Waals surface area (Å²) in [5, 5.41) is 13.0. The Hall–Kier alpha value is -3.21. The van der Waals surface area contributed by atoms with Gasteiger partial charge >= 0.3 is 6.09 Å². The molecule has 11 heteroatoms. The molecule has 1 amide bonds. The summed E-state index contributed by atoms with van der Waals surface area (Å²) in [5.74, 6) is 0.625. The lowest BCUT2D eigenvalue weighted by Gasteiger charge is -2.18. The molecule has 3 aromatic rings. The van der Waals surface area contributed by atoms with Crippen LogP contribution in [-0.2, 0) is 16.1 Å². The van der Waals surface area contributed by atoms with Crippen LogP contribution >= 0.6 is 0 Å². The number of nitrogens with one attached hydrogen (secondary N) is 3. The Morgan fingerprint density at radius 2 is 2.16 bits per heavy atom. The lowest BCUT2D eigenvalue weighted by molar-refractivity contribution is 0.0555. The largest absolute Gasteiger partial charge is 0.443 e. The normalized spacial score (nSPS) is 20.8. The fourth-order valence-corrected chi connectivity index (χ4v) is 3.95. The SMILES string of the molecule is COCc1cn2c(Nc3cc([C@@H]4CC[C@H](OC(=O)NC(C)C)[C@@H]4F)[nH]n3)nc(C)cc2n1.